The smallest absolute Gasteiger partial charge is 0.293 e. The molecular weight excluding hydrogens is 402 g/mol. The summed E-state index contributed by atoms with van der Waals surface area (Å²) in [5.74, 6) is 0.986. The molecule has 1 saturated heterocycles. The van der Waals surface area contributed by atoms with E-state index < -0.39 is 0 Å². The van der Waals surface area contributed by atoms with Crippen LogP contribution in [0.1, 0.15) is 11.1 Å². The Morgan fingerprint density at radius 3 is 2.25 bits per heavy atom. The van der Waals surface area contributed by atoms with Crippen molar-refractivity contribution in [3.8, 4) is 17.2 Å². The van der Waals surface area contributed by atoms with Crippen molar-refractivity contribution in [1.29, 1.82) is 0 Å². The van der Waals surface area contributed by atoms with E-state index in [9.17, 15) is 9.59 Å². The standard InChI is InChI=1S/C20H18ClNO5S/c1-25-15-9-6-13(17(26-2)18(15)27-3)10-16-19(23)22(20(24)28-16)11-12-4-7-14(21)8-5-12/h4-10H,11H2,1-3H3/b16-10+. The highest BCUT2D eigenvalue weighted by atomic mass is 35.5. The predicted octanol–water partition coefficient (Wildman–Crippen LogP) is 4.60. The van der Waals surface area contributed by atoms with Crippen molar-refractivity contribution in [2.24, 2.45) is 0 Å². The van der Waals surface area contributed by atoms with Crippen LogP contribution in [-0.2, 0) is 11.3 Å². The normalized spacial score (nSPS) is 15.3. The number of carbonyl (C=O) groups is 2. The van der Waals surface area contributed by atoms with Gasteiger partial charge in [-0.1, -0.05) is 23.7 Å². The molecule has 3 rings (SSSR count). The fraction of sp³-hybridized carbons (Fsp3) is 0.200. The van der Waals surface area contributed by atoms with Gasteiger partial charge in [-0.2, -0.15) is 0 Å². The molecule has 0 spiro atoms. The van der Waals surface area contributed by atoms with Gasteiger partial charge in [0.1, 0.15) is 0 Å². The summed E-state index contributed by atoms with van der Waals surface area (Å²) in [5, 5.41) is 0.268. The molecule has 0 unspecified atom stereocenters. The third-order valence-corrected chi connectivity index (χ3v) is 5.31. The first-order chi connectivity index (χ1) is 13.5. The Morgan fingerprint density at radius 2 is 1.64 bits per heavy atom. The van der Waals surface area contributed by atoms with Crippen LogP contribution in [0.25, 0.3) is 6.08 Å². The Hall–Kier alpha value is -2.64. The number of thioether (sulfide) groups is 1. The number of hydrogen-bond acceptors (Lipinski definition) is 6. The summed E-state index contributed by atoms with van der Waals surface area (Å²) in [6.45, 7) is 0.183. The van der Waals surface area contributed by atoms with E-state index in [1.807, 2.05) is 0 Å². The van der Waals surface area contributed by atoms with Crippen LogP contribution in [0.2, 0.25) is 5.02 Å². The second-order valence-corrected chi connectivity index (χ2v) is 7.25. The van der Waals surface area contributed by atoms with Gasteiger partial charge in [-0.25, -0.2) is 0 Å². The van der Waals surface area contributed by atoms with Gasteiger partial charge in [-0.3, -0.25) is 14.5 Å². The van der Waals surface area contributed by atoms with Crippen LogP contribution in [0, 0.1) is 0 Å². The van der Waals surface area contributed by atoms with Gasteiger partial charge in [-0.05, 0) is 47.7 Å². The van der Waals surface area contributed by atoms with Gasteiger partial charge in [0.05, 0.1) is 32.8 Å². The molecule has 2 aromatic rings. The van der Waals surface area contributed by atoms with E-state index >= 15 is 0 Å². The van der Waals surface area contributed by atoms with E-state index in [2.05, 4.69) is 0 Å². The molecule has 0 aliphatic carbocycles. The van der Waals surface area contributed by atoms with Crippen LogP contribution in [0.3, 0.4) is 0 Å². The summed E-state index contributed by atoms with van der Waals surface area (Å²) in [4.78, 5) is 26.6. The van der Waals surface area contributed by atoms with Gasteiger partial charge in [0, 0.05) is 10.6 Å². The maximum Gasteiger partial charge on any atom is 0.293 e. The Morgan fingerprint density at radius 1 is 0.964 bits per heavy atom. The lowest BCUT2D eigenvalue weighted by molar-refractivity contribution is -0.123. The minimum Gasteiger partial charge on any atom is -0.493 e. The van der Waals surface area contributed by atoms with Crippen LogP contribution in [0.4, 0.5) is 4.79 Å². The summed E-state index contributed by atoms with van der Waals surface area (Å²) >= 11 is 6.77. The maximum atomic E-state index is 12.8. The second kappa shape index (κ2) is 8.58. The lowest BCUT2D eigenvalue weighted by Gasteiger charge is -2.14. The molecule has 8 heteroatoms. The summed E-state index contributed by atoms with van der Waals surface area (Å²) in [5.41, 5.74) is 1.42. The second-order valence-electron chi connectivity index (χ2n) is 5.82. The molecule has 0 radical (unpaired) electrons. The van der Waals surface area contributed by atoms with E-state index in [4.69, 9.17) is 25.8 Å². The van der Waals surface area contributed by atoms with Crippen molar-refractivity contribution >= 4 is 40.6 Å². The molecule has 2 aromatic carbocycles. The van der Waals surface area contributed by atoms with Crippen LogP contribution >= 0.6 is 23.4 Å². The molecule has 1 fully saturated rings. The van der Waals surface area contributed by atoms with Crippen LogP contribution in [0.15, 0.2) is 41.3 Å². The van der Waals surface area contributed by atoms with Crippen molar-refractivity contribution in [1.82, 2.24) is 4.90 Å². The van der Waals surface area contributed by atoms with Gasteiger partial charge >= 0.3 is 0 Å². The van der Waals surface area contributed by atoms with Gasteiger partial charge in [0.2, 0.25) is 5.75 Å². The third kappa shape index (κ3) is 3.95. The number of amides is 2. The lowest BCUT2D eigenvalue weighted by atomic mass is 10.1. The molecule has 0 aromatic heterocycles. The van der Waals surface area contributed by atoms with Crippen LogP contribution in [-0.4, -0.2) is 37.4 Å². The SMILES string of the molecule is COc1ccc(/C=C2/SC(=O)N(Cc3ccc(Cl)cc3)C2=O)c(OC)c1OC. The number of halogens is 1. The number of methoxy groups -OCH3 is 3. The molecule has 6 nitrogen and oxygen atoms in total. The summed E-state index contributed by atoms with van der Waals surface area (Å²) < 4.78 is 16.1. The van der Waals surface area contributed by atoms with Gasteiger partial charge < -0.3 is 14.2 Å². The fourth-order valence-corrected chi connectivity index (χ4v) is 3.74. The molecule has 1 aliphatic heterocycles. The quantitative estimate of drug-likeness (QED) is 0.637. The first-order valence-corrected chi connectivity index (χ1v) is 9.46. The molecule has 146 valence electrons. The summed E-state index contributed by atoms with van der Waals surface area (Å²) in [7, 11) is 4.53. The minimum absolute atomic E-state index is 0.183. The first kappa shape index (κ1) is 20.1. The molecule has 0 saturated carbocycles. The molecule has 28 heavy (non-hydrogen) atoms. The highest BCUT2D eigenvalue weighted by Crippen LogP contribution is 2.42. The van der Waals surface area contributed by atoms with Crippen molar-refractivity contribution in [2.75, 3.05) is 21.3 Å². The highest BCUT2D eigenvalue weighted by Gasteiger charge is 2.35. The zero-order valence-electron chi connectivity index (χ0n) is 15.5. The number of benzene rings is 2. The Balaban J connectivity index is 1.90. The Labute approximate surface area is 172 Å². The largest absolute Gasteiger partial charge is 0.493 e. The number of nitrogens with zero attached hydrogens (tertiary/aromatic N) is 1. The van der Waals surface area contributed by atoms with Gasteiger partial charge in [-0.15, -0.1) is 0 Å². The highest BCUT2D eigenvalue weighted by molar-refractivity contribution is 8.18. The number of imide groups is 1. The minimum atomic E-state index is -0.359. The molecule has 2 amide bonds. The molecule has 1 aliphatic rings. The van der Waals surface area contributed by atoms with E-state index in [0.717, 1.165) is 17.3 Å². The first-order valence-electron chi connectivity index (χ1n) is 8.27. The van der Waals surface area contributed by atoms with E-state index in [0.29, 0.717) is 32.7 Å². The number of ether oxygens (including phenoxy) is 3. The van der Waals surface area contributed by atoms with E-state index in [1.54, 1.807) is 42.5 Å². The predicted molar refractivity (Wildman–Crippen MR) is 109 cm³/mol. The number of rotatable bonds is 6. The van der Waals surface area contributed by atoms with Crippen LogP contribution < -0.4 is 14.2 Å². The third-order valence-electron chi connectivity index (χ3n) is 4.15. The molecule has 0 atom stereocenters. The number of carbonyl (C=O) groups excluding carboxylic acids is 2. The fourth-order valence-electron chi connectivity index (χ4n) is 2.79. The van der Waals surface area contributed by atoms with Crippen LogP contribution in [0.5, 0.6) is 17.2 Å². The lowest BCUT2D eigenvalue weighted by Crippen LogP contribution is -2.27. The average Bonchev–Trinajstić information content (AvgIpc) is 2.96. The molecule has 0 bridgehead atoms. The Bertz CT molecular complexity index is 942. The zero-order chi connectivity index (χ0) is 20.3. The monoisotopic (exact) mass is 419 g/mol. The molecule has 0 N–H and O–H groups in total. The van der Waals surface area contributed by atoms with E-state index in [1.165, 1.54) is 26.2 Å². The van der Waals surface area contributed by atoms with Gasteiger partial charge in [0.15, 0.2) is 11.5 Å². The molecule has 1 heterocycles. The Kier molecular flexibility index (Phi) is 6.16. The van der Waals surface area contributed by atoms with Crippen molar-refractivity contribution in [2.45, 2.75) is 6.54 Å². The zero-order valence-corrected chi connectivity index (χ0v) is 17.1. The van der Waals surface area contributed by atoms with Crippen molar-refractivity contribution < 1.29 is 23.8 Å². The topological polar surface area (TPSA) is 65.1 Å². The summed E-state index contributed by atoms with van der Waals surface area (Å²) in [6.07, 6.45) is 1.62. The maximum absolute atomic E-state index is 12.8. The van der Waals surface area contributed by atoms with Gasteiger partial charge in [0.25, 0.3) is 11.1 Å². The van der Waals surface area contributed by atoms with Crippen molar-refractivity contribution in [3.63, 3.8) is 0 Å². The summed E-state index contributed by atoms with van der Waals surface area (Å²) in [6, 6.07) is 10.5. The average molecular weight is 420 g/mol. The van der Waals surface area contributed by atoms with Crippen molar-refractivity contribution in [3.05, 3.63) is 57.5 Å². The van der Waals surface area contributed by atoms with E-state index in [-0.39, 0.29) is 17.7 Å². The molecular formula is C20H18ClNO5S. The number of hydrogen-bond donors (Lipinski definition) is 0.